The van der Waals surface area contributed by atoms with Crippen molar-refractivity contribution in [2.24, 2.45) is 0 Å². The number of unbranched alkanes of at least 4 members (excludes halogenated alkanes) is 1. The molecule has 0 heterocycles. The first kappa shape index (κ1) is 6.64. The zero-order valence-corrected chi connectivity index (χ0v) is 5.19. The molecule has 0 aliphatic heterocycles. The van der Waals surface area contributed by atoms with Gasteiger partial charge in [0.2, 0.25) is 0 Å². The number of halogens is 1. The number of rotatable bonds is 3. The summed E-state index contributed by atoms with van der Waals surface area (Å²) >= 11 is 9.99. The van der Waals surface area contributed by atoms with E-state index in [1.165, 1.54) is 0 Å². The van der Waals surface area contributed by atoms with Gasteiger partial charge in [0.1, 0.15) is 0 Å². The van der Waals surface area contributed by atoms with Crippen molar-refractivity contribution in [3.63, 3.8) is 0 Å². The molecule has 0 amide bonds. The molecule has 37 valence electrons. The molecule has 0 nitrogen and oxygen atoms in total. The molecule has 0 aromatic rings. The van der Waals surface area contributed by atoms with Gasteiger partial charge in [0.15, 0.2) is 0 Å². The molecule has 0 fully saturated rings. The summed E-state index contributed by atoms with van der Waals surface area (Å²) in [6, 6.07) is 0. The van der Waals surface area contributed by atoms with Gasteiger partial charge < -0.3 is 0 Å². The lowest BCUT2D eigenvalue weighted by Gasteiger charge is -1.83. The van der Waals surface area contributed by atoms with Crippen LogP contribution in [0.2, 0.25) is 0 Å². The highest BCUT2D eigenvalue weighted by Crippen LogP contribution is 1.91. The average molecular weight is 124 g/mol. The molecule has 0 rings (SSSR count). The van der Waals surface area contributed by atoms with Gasteiger partial charge in [0, 0.05) is 11.6 Å². The summed E-state index contributed by atoms with van der Waals surface area (Å²) in [5, 5.41) is 0. The standard InChI is InChI=1S/C4H8ClS/c5-3-1-2-4-6/h1-4H2. The second-order valence-electron chi connectivity index (χ2n) is 1.10. The van der Waals surface area contributed by atoms with Crippen molar-refractivity contribution >= 4 is 24.2 Å². The molecular weight excluding hydrogens is 116 g/mol. The minimum absolute atomic E-state index is 0.761. The molecule has 0 N–H and O–H groups in total. The largest absolute Gasteiger partial charge is 0.127 e. The molecule has 0 aliphatic carbocycles. The van der Waals surface area contributed by atoms with E-state index >= 15 is 0 Å². The Kier molecular flexibility index (Phi) is 6.24. The number of hydrogen-bond donors (Lipinski definition) is 0. The summed E-state index contributed by atoms with van der Waals surface area (Å²) < 4.78 is 0. The number of hydrogen-bond acceptors (Lipinski definition) is 0. The molecule has 0 saturated heterocycles. The summed E-state index contributed by atoms with van der Waals surface area (Å²) in [4.78, 5) is 0. The van der Waals surface area contributed by atoms with E-state index in [0.29, 0.717) is 0 Å². The molecule has 0 aliphatic rings. The molecule has 6 heavy (non-hydrogen) atoms. The Morgan fingerprint density at radius 3 is 2.17 bits per heavy atom. The van der Waals surface area contributed by atoms with Crippen molar-refractivity contribution < 1.29 is 0 Å². The monoisotopic (exact) mass is 123 g/mol. The predicted octanol–water partition coefficient (Wildman–Crippen LogP) is 2.20. The van der Waals surface area contributed by atoms with E-state index < -0.39 is 0 Å². The molecular formula is C4H8ClS. The van der Waals surface area contributed by atoms with Crippen molar-refractivity contribution in [2.45, 2.75) is 12.8 Å². The van der Waals surface area contributed by atoms with Crippen molar-refractivity contribution in [3.8, 4) is 0 Å². The lowest BCUT2D eigenvalue weighted by Crippen LogP contribution is -1.74. The Bertz CT molecular complexity index is 19.5. The van der Waals surface area contributed by atoms with Crippen LogP contribution in [0.25, 0.3) is 0 Å². The maximum atomic E-state index is 5.33. The van der Waals surface area contributed by atoms with Crippen LogP contribution in [0.5, 0.6) is 0 Å². The molecule has 1 radical (unpaired) electrons. The molecule has 2 heteroatoms. The smallest absolute Gasteiger partial charge is 0.0223 e. The molecule has 0 unspecified atom stereocenters. The lowest BCUT2D eigenvalue weighted by molar-refractivity contribution is 0.906. The van der Waals surface area contributed by atoms with Crippen LogP contribution in [0.15, 0.2) is 0 Å². The van der Waals surface area contributed by atoms with Gasteiger partial charge in [-0.2, -0.15) is 0 Å². The van der Waals surface area contributed by atoms with Crippen molar-refractivity contribution in [3.05, 3.63) is 0 Å². The topological polar surface area (TPSA) is 0 Å². The number of alkyl halides is 1. The second kappa shape index (κ2) is 5.64. The molecule has 0 spiro atoms. The molecule has 0 aromatic carbocycles. The Morgan fingerprint density at radius 2 is 2.00 bits per heavy atom. The Hall–Kier alpha value is 0.640. The first-order chi connectivity index (χ1) is 2.91. The van der Waals surface area contributed by atoms with E-state index in [0.717, 1.165) is 24.5 Å². The Labute approximate surface area is 49.3 Å². The highest BCUT2D eigenvalue weighted by Gasteiger charge is 1.78. The first-order valence-corrected chi connectivity index (χ1v) is 3.17. The minimum atomic E-state index is 0.761. The zero-order valence-electron chi connectivity index (χ0n) is 3.61. The van der Waals surface area contributed by atoms with Gasteiger partial charge in [-0.25, -0.2) is 0 Å². The average Bonchev–Trinajstić information content (AvgIpc) is 1.61. The highest BCUT2D eigenvalue weighted by molar-refractivity contribution is 7.80. The van der Waals surface area contributed by atoms with Crippen molar-refractivity contribution in [2.75, 3.05) is 11.6 Å². The summed E-state index contributed by atoms with van der Waals surface area (Å²) in [6.07, 6.45) is 2.17. The Balaban J connectivity index is 2.34. The van der Waals surface area contributed by atoms with Gasteiger partial charge in [-0.15, -0.1) is 11.6 Å². The third-order valence-corrected chi connectivity index (χ3v) is 1.08. The third-order valence-electron chi connectivity index (χ3n) is 0.528. The summed E-state index contributed by atoms with van der Waals surface area (Å²) in [7, 11) is 0. The van der Waals surface area contributed by atoms with Crippen LogP contribution >= 0.6 is 24.2 Å². The van der Waals surface area contributed by atoms with Crippen LogP contribution in [-0.4, -0.2) is 11.6 Å². The third kappa shape index (κ3) is 4.64. The van der Waals surface area contributed by atoms with Gasteiger partial charge in [-0.05, 0) is 12.8 Å². The second-order valence-corrected chi connectivity index (χ2v) is 1.89. The molecule has 0 bridgehead atoms. The fourth-order valence-electron chi connectivity index (χ4n) is 0.197. The van der Waals surface area contributed by atoms with Crippen LogP contribution in [-0.2, 0) is 0 Å². The van der Waals surface area contributed by atoms with E-state index in [1.54, 1.807) is 0 Å². The van der Waals surface area contributed by atoms with Crippen LogP contribution in [0.3, 0.4) is 0 Å². The maximum Gasteiger partial charge on any atom is 0.0223 e. The van der Waals surface area contributed by atoms with E-state index in [9.17, 15) is 0 Å². The van der Waals surface area contributed by atoms with Crippen molar-refractivity contribution in [1.82, 2.24) is 0 Å². The normalized spacial score (nSPS) is 9.00. The SMILES string of the molecule is [S]CCCCCl. The van der Waals surface area contributed by atoms with Gasteiger partial charge in [-0.3, -0.25) is 0 Å². The van der Waals surface area contributed by atoms with Crippen LogP contribution in [0.4, 0.5) is 0 Å². The lowest BCUT2D eigenvalue weighted by atomic mass is 10.4. The molecule has 0 saturated carbocycles. The van der Waals surface area contributed by atoms with E-state index in [4.69, 9.17) is 11.6 Å². The quantitative estimate of drug-likeness (QED) is 0.399. The van der Waals surface area contributed by atoms with E-state index in [-0.39, 0.29) is 0 Å². The van der Waals surface area contributed by atoms with Gasteiger partial charge >= 0.3 is 0 Å². The highest BCUT2D eigenvalue weighted by atomic mass is 35.5. The van der Waals surface area contributed by atoms with Crippen molar-refractivity contribution in [1.29, 1.82) is 0 Å². The van der Waals surface area contributed by atoms with Crippen LogP contribution < -0.4 is 0 Å². The van der Waals surface area contributed by atoms with Gasteiger partial charge in [0.25, 0.3) is 0 Å². The van der Waals surface area contributed by atoms with E-state index in [1.807, 2.05) is 0 Å². The van der Waals surface area contributed by atoms with Gasteiger partial charge in [0.05, 0.1) is 0 Å². The fraction of sp³-hybridized carbons (Fsp3) is 1.00. The van der Waals surface area contributed by atoms with Crippen LogP contribution in [0, 0.1) is 0 Å². The molecule has 0 aromatic heterocycles. The predicted molar refractivity (Wildman–Crippen MR) is 32.4 cm³/mol. The first-order valence-electron chi connectivity index (χ1n) is 2.06. The maximum absolute atomic E-state index is 5.33. The molecule has 0 atom stereocenters. The Morgan fingerprint density at radius 1 is 1.33 bits per heavy atom. The summed E-state index contributed by atoms with van der Waals surface area (Å²) in [6.45, 7) is 0. The minimum Gasteiger partial charge on any atom is -0.127 e. The fourth-order valence-corrected chi connectivity index (χ4v) is 0.590. The summed E-state index contributed by atoms with van der Waals surface area (Å²) in [5.74, 6) is 1.61. The van der Waals surface area contributed by atoms with Crippen LogP contribution in [0.1, 0.15) is 12.8 Å². The summed E-state index contributed by atoms with van der Waals surface area (Å²) in [5.41, 5.74) is 0. The van der Waals surface area contributed by atoms with E-state index in [2.05, 4.69) is 12.6 Å². The van der Waals surface area contributed by atoms with Gasteiger partial charge in [-0.1, -0.05) is 12.6 Å². The zero-order chi connectivity index (χ0) is 4.83.